The lowest BCUT2D eigenvalue weighted by molar-refractivity contribution is -0.146. The number of fused-ring (bicyclic) bond motifs is 2. The van der Waals surface area contributed by atoms with E-state index in [1.807, 2.05) is 48.5 Å². The van der Waals surface area contributed by atoms with Crippen LogP contribution in [0.1, 0.15) is 23.7 Å². The number of aromatic nitrogens is 1. The molecule has 0 saturated heterocycles. The second kappa shape index (κ2) is 8.68. The minimum absolute atomic E-state index is 0.0333. The predicted molar refractivity (Wildman–Crippen MR) is 108 cm³/mol. The van der Waals surface area contributed by atoms with Crippen LogP contribution in [0, 0.1) is 5.92 Å². The van der Waals surface area contributed by atoms with Gasteiger partial charge in [-0.3, -0.25) is 9.59 Å². The third kappa shape index (κ3) is 4.18. The number of benzene rings is 2. The fourth-order valence-electron chi connectivity index (χ4n) is 3.32. The molecule has 1 N–H and O–H groups in total. The Balaban J connectivity index is 2.04. The van der Waals surface area contributed by atoms with E-state index in [4.69, 9.17) is 4.74 Å². The molecule has 29 heavy (non-hydrogen) atoms. The molecule has 1 heterocycles. The van der Waals surface area contributed by atoms with Crippen LogP contribution in [0.15, 0.2) is 48.5 Å². The summed E-state index contributed by atoms with van der Waals surface area (Å²) in [6, 6.07) is 13.6. The first-order valence-corrected chi connectivity index (χ1v) is 9.19. The van der Waals surface area contributed by atoms with Crippen LogP contribution < -0.4 is 5.32 Å². The standard InChI is InChI=1S/C22H22N2O5/c1-13(12-18(25)28-2)20(22(27)29-3)24-21(26)19-14-8-4-6-10-16(14)23-17-11-7-5-9-15(17)19/h4-11,13,20H,12H2,1-3H3,(H,24,26)/t13-,20-/m0/s1. The highest BCUT2D eigenvalue weighted by Gasteiger charge is 2.31. The number of esters is 2. The highest BCUT2D eigenvalue weighted by Crippen LogP contribution is 2.26. The van der Waals surface area contributed by atoms with Crippen molar-refractivity contribution in [1.29, 1.82) is 0 Å². The maximum atomic E-state index is 13.3. The Hall–Kier alpha value is -3.48. The van der Waals surface area contributed by atoms with Gasteiger partial charge in [-0.15, -0.1) is 0 Å². The smallest absolute Gasteiger partial charge is 0.328 e. The molecule has 150 valence electrons. The van der Waals surface area contributed by atoms with Gasteiger partial charge in [0.2, 0.25) is 0 Å². The van der Waals surface area contributed by atoms with E-state index in [1.165, 1.54) is 14.2 Å². The molecule has 0 bridgehead atoms. The molecule has 3 aromatic rings. The van der Waals surface area contributed by atoms with E-state index in [0.29, 0.717) is 27.4 Å². The predicted octanol–water partition coefficient (Wildman–Crippen LogP) is 2.86. The number of amides is 1. The van der Waals surface area contributed by atoms with Crippen molar-refractivity contribution < 1.29 is 23.9 Å². The van der Waals surface area contributed by atoms with Gasteiger partial charge in [-0.05, 0) is 18.1 Å². The molecule has 0 aliphatic heterocycles. The molecule has 7 heteroatoms. The van der Waals surface area contributed by atoms with Crippen LogP contribution >= 0.6 is 0 Å². The first-order valence-electron chi connectivity index (χ1n) is 9.19. The SMILES string of the molecule is COC(=O)C[C@H](C)[C@H](NC(=O)c1c2ccccc2nc2ccccc12)C(=O)OC. The van der Waals surface area contributed by atoms with Crippen LogP contribution in [-0.2, 0) is 19.1 Å². The molecule has 0 fully saturated rings. The minimum atomic E-state index is -1.00. The third-order valence-corrected chi connectivity index (χ3v) is 4.84. The number of methoxy groups -OCH3 is 2. The molecule has 1 aromatic heterocycles. The Morgan fingerprint density at radius 3 is 2.00 bits per heavy atom. The second-order valence-corrected chi connectivity index (χ2v) is 6.75. The van der Waals surface area contributed by atoms with Gasteiger partial charge in [0.1, 0.15) is 6.04 Å². The molecule has 0 aliphatic carbocycles. The van der Waals surface area contributed by atoms with Crippen LogP contribution in [0.25, 0.3) is 21.8 Å². The lowest BCUT2D eigenvalue weighted by atomic mass is 9.96. The Kier molecular flexibility index (Phi) is 6.07. The summed E-state index contributed by atoms with van der Waals surface area (Å²) in [6.45, 7) is 1.68. The van der Waals surface area contributed by atoms with E-state index < -0.39 is 29.8 Å². The summed E-state index contributed by atoms with van der Waals surface area (Å²) in [5, 5.41) is 4.10. The fraction of sp³-hybridized carbons (Fsp3) is 0.273. The van der Waals surface area contributed by atoms with Crippen molar-refractivity contribution in [3.8, 4) is 0 Å². The molecular weight excluding hydrogens is 372 g/mol. The number of pyridine rings is 1. The second-order valence-electron chi connectivity index (χ2n) is 6.75. The summed E-state index contributed by atoms with van der Waals surface area (Å²) in [6.07, 6.45) is -0.0333. The van der Waals surface area contributed by atoms with Gasteiger partial charge in [0.05, 0.1) is 37.2 Å². The molecular formula is C22H22N2O5. The number of carbonyl (C=O) groups is 3. The third-order valence-electron chi connectivity index (χ3n) is 4.84. The molecule has 0 saturated carbocycles. The number of ether oxygens (including phenoxy) is 2. The largest absolute Gasteiger partial charge is 0.469 e. The van der Waals surface area contributed by atoms with Gasteiger partial charge in [-0.2, -0.15) is 0 Å². The van der Waals surface area contributed by atoms with Crippen molar-refractivity contribution in [3.63, 3.8) is 0 Å². The summed E-state index contributed by atoms with van der Waals surface area (Å²) in [5.74, 6) is -2.05. The quantitative estimate of drug-likeness (QED) is 0.510. The van der Waals surface area contributed by atoms with Crippen molar-refractivity contribution >= 4 is 39.7 Å². The van der Waals surface area contributed by atoms with Crippen LogP contribution in [0.2, 0.25) is 0 Å². The number of carbonyl (C=O) groups excluding carboxylic acids is 3. The normalized spacial score (nSPS) is 12.9. The van der Waals surface area contributed by atoms with Crippen LogP contribution in [0.4, 0.5) is 0 Å². The van der Waals surface area contributed by atoms with E-state index in [-0.39, 0.29) is 6.42 Å². The van der Waals surface area contributed by atoms with E-state index in [1.54, 1.807) is 6.92 Å². The number of hydrogen-bond donors (Lipinski definition) is 1. The number of para-hydroxylation sites is 2. The molecule has 0 radical (unpaired) electrons. The maximum absolute atomic E-state index is 13.3. The van der Waals surface area contributed by atoms with Gasteiger partial charge >= 0.3 is 11.9 Å². The number of nitrogens with zero attached hydrogens (tertiary/aromatic N) is 1. The van der Waals surface area contributed by atoms with Gasteiger partial charge in [-0.1, -0.05) is 43.3 Å². The highest BCUT2D eigenvalue weighted by atomic mass is 16.5. The van der Waals surface area contributed by atoms with Crippen molar-refractivity contribution in [2.45, 2.75) is 19.4 Å². The zero-order valence-electron chi connectivity index (χ0n) is 16.5. The molecule has 0 aliphatic rings. The molecule has 1 amide bonds. The Morgan fingerprint density at radius 1 is 0.931 bits per heavy atom. The number of hydrogen-bond acceptors (Lipinski definition) is 6. The molecule has 3 rings (SSSR count). The molecule has 0 spiro atoms. The number of nitrogens with one attached hydrogen (secondary N) is 1. The van der Waals surface area contributed by atoms with Gasteiger partial charge in [0.15, 0.2) is 0 Å². The van der Waals surface area contributed by atoms with E-state index in [9.17, 15) is 14.4 Å². The van der Waals surface area contributed by atoms with Crippen molar-refractivity contribution in [3.05, 3.63) is 54.1 Å². The average molecular weight is 394 g/mol. The van der Waals surface area contributed by atoms with Crippen molar-refractivity contribution in [2.75, 3.05) is 14.2 Å². The van der Waals surface area contributed by atoms with Crippen LogP contribution in [0.3, 0.4) is 0 Å². The van der Waals surface area contributed by atoms with Crippen LogP contribution in [-0.4, -0.2) is 43.1 Å². The van der Waals surface area contributed by atoms with Gasteiger partial charge in [0, 0.05) is 10.8 Å². The monoisotopic (exact) mass is 394 g/mol. The fourth-order valence-corrected chi connectivity index (χ4v) is 3.32. The minimum Gasteiger partial charge on any atom is -0.469 e. The highest BCUT2D eigenvalue weighted by molar-refractivity contribution is 6.16. The number of rotatable bonds is 6. The Labute approximate surface area is 168 Å². The molecule has 0 unspecified atom stereocenters. The van der Waals surface area contributed by atoms with E-state index in [2.05, 4.69) is 15.0 Å². The summed E-state index contributed by atoms with van der Waals surface area (Å²) in [7, 11) is 2.51. The zero-order valence-corrected chi connectivity index (χ0v) is 16.5. The lowest BCUT2D eigenvalue weighted by Crippen LogP contribution is -2.46. The van der Waals surface area contributed by atoms with Gasteiger partial charge < -0.3 is 14.8 Å². The van der Waals surface area contributed by atoms with Gasteiger partial charge in [0.25, 0.3) is 5.91 Å². The maximum Gasteiger partial charge on any atom is 0.328 e. The van der Waals surface area contributed by atoms with E-state index >= 15 is 0 Å². The summed E-state index contributed by atoms with van der Waals surface area (Å²) in [5.41, 5.74) is 1.77. The summed E-state index contributed by atoms with van der Waals surface area (Å²) in [4.78, 5) is 41.9. The molecule has 2 aromatic carbocycles. The lowest BCUT2D eigenvalue weighted by Gasteiger charge is -2.23. The average Bonchev–Trinajstić information content (AvgIpc) is 2.74. The first-order chi connectivity index (χ1) is 14.0. The van der Waals surface area contributed by atoms with Crippen molar-refractivity contribution in [1.82, 2.24) is 10.3 Å². The van der Waals surface area contributed by atoms with E-state index in [0.717, 1.165) is 0 Å². The van der Waals surface area contributed by atoms with Gasteiger partial charge in [-0.25, -0.2) is 9.78 Å². The Bertz CT molecular complexity index is 1030. The summed E-state index contributed by atoms with van der Waals surface area (Å²) < 4.78 is 9.52. The molecule has 7 nitrogen and oxygen atoms in total. The topological polar surface area (TPSA) is 94.6 Å². The van der Waals surface area contributed by atoms with Crippen molar-refractivity contribution in [2.24, 2.45) is 5.92 Å². The first kappa shape index (κ1) is 20.3. The molecule has 2 atom stereocenters. The summed E-state index contributed by atoms with van der Waals surface area (Å²) >= 11 is 0. The van der Waals surface area contributed by atoms with Crippen LogP contribution in [0.5, 0.6) is 0 Å². The Morgan fingerprint density at radius 2 is 1.48 bits per heavy atom. The zero-order chi connectivity index (χ0) is 21.0.